The third-order valence-corrected chi connectivity index (χ3v) is 4.10. The molecule has 0 aliphatic heterocycles. The average Bonchev–Trinajstić information content (AvgIpc) is 2.55. The summed E-state index contributed by atoms with van der Waals surface area (Å²) in [5.74, 6) is 2.94. The lowest BCUT2D eigenvalue weighted by molar-refractivity contribution is -0.137. The van der Waals surface area contributed by atoms with E-state index in [1.54, 1.807) is 5.57 Å². The molecule has 3 aliphatic carbocycles. The Hall–Kier alpha value is -0.590. The van der Waals surface area contributed by atoms with Crippen molar-refractivity contribution in [2.24, 2.45) is 23.7 Å². The molecule has 2 unspecified atom stereocenters. The van der Waals surface area contributed by atoms with E-state index in [0.29, 0.717) is 17.6 Å². The van der Waals surface area contributed by atoms with Crippen LogP contribution < -0.4 is 0 Å². The first-order valence-corrected chi connectivity index (χ1v) is 5.07. The van der Waals surface area contributed by atoms with Crippen LogP contribution in [-0.4, -0.2) is 5.78 Å². The minimum Gasteiger partial charge on any atom is -0.299 e. The Kier molecular flexibility index (Phi) is 1.15. The SMILES string of the molecule is CCC1=CC2C(=O)[C@H]3CCC1[C@@H]23. The highest BCUT2D eigenvalue weighted by molar-refractivity contribution is 5.93. The molecule has 1 nitrogen and oxygen atoms in total. The number of Topliss-reactive ketones (excluding diaryl/α,β-unsaturated/α-hetero) is 1. The number of hydrogen-bond donors (Lipinski definition) is 0. The van der Waals surface area contributed by atoms with Crippen LogP contribution in [0.15, 0.2) is 11.6 Å². The van der Waals surface area contributed by atoms with Gasteiger partial charge in [-0.3, -0.25) is 4.79 Å². The maximum Gasteiger partial charge on any atom is 0.143 e. The molecule has 0 radical (unpaired) electrons. The summed E-state index contributed by atoms with van der Waals surface area (Å²) in [6.07, 6.45) is 5.91. The van der Waals surface area contributed by atoms with Crippen molar-refractivity contribution in [3.8, 4) is 0 Å². The minimum atomic E-state index is 0.359. The van der Waals surface area contributed by atoms with Gasteiger partial charge in [0, 0.05) is 11.8 Å². The van der Waals surface area contributed by atoms with Crippen molar-refractivity contribution in [1.29, 1.82) is 0 Å². The first-order chi connectivity index (χ1) is 5.83. The van der Waals surface area contributed by atoms with Gasteiger partial charge >= 0.3 is 0 Å². The third-order valence-electron chi connectivity index (χ3n) is 4.10. The molecule has 3 rings (SSSR count). The van der Waals surface area contributed by atoms with Gasteiger partial charge in [-0.25, -0.2) is 0 Å². The summed E-state index contributed by atoms with van der Waals surface area (Å²) < 4.78 is 0. The highest BCUT2D eigenvalue weighted by Gasteiger charge is 2.58. The van der Waals surface area contributed by atoms with Gasteiger partial charge in [-0.2, -0.15) is 0 Å². The fraction of sp³-hybridized carbons (Fsp3) is 0.727. The van der Waals surface area contributed by atoms with Crippen molar-refractivity contribution in [3.05, 3.63) is 11.6 Å². The number of rotatable bonds is 1. The summed E-state index contributed by atoms with van der Waals surface area (Å²) in [6.45, 7) is 2.22. The number of carbonyl (C=O) groups excluding carboxylic acids is 1. The minimum absolute atomic E-state index is 0.359. The van der Waals surface area contributed by atoms with Gasteiger partial charge in [0.25, 0.3) is 0 Å². The standard InChI is InChI=1S/C11H14O/c1-2-6-5-9-10-7(6)3-4-8(10)11(9)12/h5,7-10H,2-4H2,1H3/t7?,8-,9?,10+/m0/s1. The Morgan fingerprint density at radius 2 is 2.17 bits per heavy atom. The summed E-state index contributed by atoms with van der Waals surface area (Å²) in [4.78, 5) is 11.5. The van der Waals surface area contributed by atoms with Gasteiger partial charge < -0.3 is 0 Å². The third kappa shape index (κ3) is 0.562. The molecule has 0 saturated heterocycles. The molecule has 2 saturated carbocycles. The molecular weight excluding hydrogens is 148 g/mol. The maximum atomic E-state index is 11.5. The van der Waals surface area contributed by atoms with Gasteiger partial charge in [-0.15, -0.1) is 0 Å². The van der Waals surface area contributed by atoms with E-state index in [9.17, 15) is 4.79 Å². The lowest BCUT2D eigenvalue weighted by Crippen LogP contribution is -2.42. The smallest absolute Gasteiger partial charge is 0.143 e. The van der Waals surface area contributed by atoms with Crippen LogP contribution in [0.3, 0.4) is 0 Å². The van der Waals surface area contributed by atoms with Crippen molar-refractivity contribution in [1.82, 2.24) is 0 Å². The van der Waals surface area contributed by atoms with E-state index in [1.165, 1.54) is 12.8 Å². The topological polar surface area (TPSA) is 17.1 Å². The Morgan fingerprint density at radius 3 is 2.92 bits per heavy atom. The van der Waals surface area contributed by atoms with Crippen molar-refractivity contribution < 1.29 is 4.79 Å². The summed E-state index contributed by atoms with van der Waals surface area (Å²) >= 11 is 0. The number of hydrogen-bond acceptors (Lipinski definition) is 1. The van der Waals surface area contributed by atoms with Gasteiger partial charge in [0.15, 0.2) is 0 Å². The largest absolute Gasteiger partial charge is 0.299 e. The fourth-order valence-electron chi connectivity index (χ4n) is 3.54. The summed E-state index contributed by atoms with van der Waals surface area (Å²) in [5.41, 5.74) is 1.58. The Bertz CT molecular complexity index is 277. The van der Waals surface area contributed by atoms with Gasteiger partial charge in [0.05, 0.1) is 0 Å². The van der Waals surface area contributed by atoms with Crippen LogP contribution in [0.2, 0.25) is 0 Å². The molecule has 4 atom stereocenters. The molecule has 0 bridgehead atoms. The zero-order chi connectivity index (χ0) is 8.29. The Morgan fingerprint density at radius 1 is 1.42 bits per heavy atom. The second kappa shape index (κ2) is 2.01. The van der Waals surface area contributed by atoms with Gasteiger partial charge in [0.2, 0.25) is 0 Å². The second-order valence-corrected chi connectivity index (χ2v) is 4.39. The van der Waals surface area contributed by atoms with Gasteiger partial charge in [0.1, 0.15) is 5.78 Å². The van der Waals surface area contributed by atoms with Crippen LogP contribution in [0.4, 0.5) is 0 Å². The summed E-state index contributed by atoms with van der Waals surface area (Å²) in [5, 5.41) is 0. The van der Waals surface area contributed by atoms with E-state index in [1.807, 2.05) is 0 Å². The van der Waals surface area contributed by atoms with Gasteiger partial charge in [-0.1, -0.05) is 18.6 Å². The molecular formula is C11H14O. The maximum absolute atomic E-state index is 11.5. The van der Waals surface area contributed by atoms with Crippen molar-refractivity contribution in [3.63, 3.8) is 0 Å². The van der Waals surface area contributed by atoms with E-state index >= 15 is 0 Å². The van der Waals surface area contributed by atoms with Crippen LogP contribution in [0.25, 0.3) is 0 Å². The normalized spacial score (nSPS) is 48.8. The fourth-order valence-corrected chi connectivity index (χ4v) is 3.54. The van der Waals surface area contributed by atoms with Crippen molar-refractivity contribution in [2.75, 3.05) is 0 Å². The van der Waals surface area contributed by atoms with E-state index in [4.69, 9.17) is 0 Å². The second-order valence-electron chi connectivity index (χ2n) is 4.39. The molecule has 0 spiro atoms. The molecule has 0 aromatic heterocycles. The predicted octanol–water partition coefficient (Wildman–Crippen LogP) is 2.18. The zero-order valence-electron chi connectivity index (χ0n) is 7.42. The Balaban J connectivity index is 1.99. The van der Waals surface area contributed by atoms with E-state index in [0.717, 1.165) is 18.3 Å². The van der Waals surface area contributed by atoms with Crippen molar-refractivity contribution >= 4 is 5.78 Å². The highest BCUT2D eigenvalue weighted by atomic mass is 16.1. The monoisotopic (exact) mass is 162 g/mol. The first kappa shape index (κ1) is 6.88. The van der Waals surface area contributed by atoms with Crippen LogP contribution in [0.1, 0.15) is 26.2 Å². The molecule has 1 heteroatoms. The molecule has 0 amide bonds. The molecule has 64 valence electrons. The van der Waals surface area contributed by atoms with E-state index in [-0.39, 0.29) is 0 Å². The lowest BCUT2D eigenvalue weighted by atomic mass is 9.66. The Labute approximate surface area is 72.8 Å². The molecule has 3 aliphatic rings. The quantitative estimate of drug-likeness (QED) is 0.540. The number of allylic oxidation sites excluding steroid dienone is 2. The van der Waals surface area contributed by atoms with Crippen LogP contribution in [0, 0.1) is 23.7 Å². The molecule has 0 heterocycles. The van der Waals surface area contributed by atoms with Crippen LogP contribution in [0.5, 0.6) is 0 Å². The molecule has 0 aromatic rings. The number of ketones is 1. The van der Waals surface area contributed by atoms with Crippen LogP contribution >= 0.6 is 0 Å². The summed E-state index contributed by atoms with van der Waals surface area (Å²) in [7, 11) is 0. The first-order valence-electron chi connectivity index (χ1n) is 5.07. The average molecular weight is 162 g/mol. The van der Waals surface area contributed by atoms with Gasteiger partial charge in [-0.05, 0) is 31.1 Å². The molecule has 2 fully saturated rings. The lowest BCUT2D eigenvalue weighted by Gasteiger charge is -2.35. The van der Waals surface area contributed by atoms with E-state index in [2.05, 4.69) is 13.0 Å². The summed E-state index contributed by atoms with van der Waals surface area (Å²) in [6, 6.07) is 0. The van der Waals surface area contributed by atoms with E-state index < -0.39 is 0 Å². The number of carbonyl (C=O) groups is 1. The van der Waals surface area contributed by atoms with Crippen molar-refractivity contribution in [2.45, 2.75) is 26.2 Å². The molecule has 12 heavy (non-hydrogen) atoms. The molecule has 0 N–H and O–H groups in total. The highest BCUT2D eigenvalue weighted by Crippen LogP contribution is 2.59. The zero-order valence-corrected chi connectivity index (χ0v) is 7.42. The van der Waals surface area contributed by atoms with Crippen LogP contribution in [-0.2, 0) is 4.79 Å². The predicted molar refractivity (Wildman–Crippen MR) is 46.6 cm³/mol. The molecule has 0 aromatic carbocycles.